The van der Waals surface area contributed by atoms with Gasteiger partial charge in [0.1, 0.15) is 0 Å². The van der Waals surface area contributed by atoms with E-state index in [1.807, 2.05) is 13.8 Å². The van der Waals surface area contributed by atoms with E-state index in [4.69, 9.17) is 0 Å². The van der Waals surface area contributed by atoms with Gasteiger partial charge in [-0.1, -0.05) is 0 Å². The molecule has 0 fully saturated rings. The zero-order chi connectivity index (χ0) is 13.5. The number of carbonyl (C=O) groups excluding carboxylic acids is 2. The highest BCUT2D eigenvalue weighted by Gasteiger charge is 2.11. The van der Waals surface area contributed by atoms with Gasteiger partial charge in [0.05, 0.1) is 24.0 Å². The van der Waals surface area contributed by atoms with Crippen molar-refractivity contribution in [3.63, 3.8) is 0 Å². The first kappa shape index (κ1) is 14.0. The molecular formula is C12H18N4O2. The number of hydrogen-bond acceptors (Lipinski definition) is 4. The molecule has 1 aromatic heterocycles. The maximum absolute atomic E-state index is 11.9. The Morgan fingerprint density at radius 2 is 2.11 bits per heavy atom. The summed E-state index contributed by atoms with van der Waals surface area (Å²) in [5.41, 5.74) is 1.09. The second-order valence-electron chi connectivity index (χ2n) is 4.08. The molecule has 0 aliphatic heterocycles. The predicted molar refractivity (Wildman–Crippen MR) is 69.4 cm³/mol. The number of pyridine rings is 1. The van der Waals surface area contributed by atoms with Crippen molar-refractivity contribution < 1.29 is 9.59 Å². The van der Waals surface area contributed by atoms with Gasteiger partial charge in [-0.05, 0) is 19.9 Å². The van der Waals surface area contributed by atoms with E-state index in [0.29, 0.717) is 11.3 Å². The van der Waals surface area contributed by atoms with Gasteiger partial charge >= 0.3 is 0 Å². The Morgan fingerprint density at radius 3 is 2.72 bits per heavy atom. The fourth-order valence-corrected chi connectivity index (χ4v) is 1.42. The lowest BCUT2D eigenvalue weighted by Crippen LogP contribution is -2.39. The number of carbonyl (C=O) groups is 2. The van der Waals surface area contributed by atoms with Gasteiger partial charge in [0.2, 0.25) is 5.91 Å². The number of hydrogen-bond donors (Lipinski definition) is 3. The van der Waals surface area contributed by atoms with E-state index in [2.05, 4.69) is 20.9 Å². The summed E-state index contributed by atoms with van der Waals surface area (Å²) >= 11 is 0. The maximum Gasteiger partial charge on any atom is 0.253 e. The average Bonchev–Trinajstić information content (AvgIpc) is 2.35. The van der Waals surface area contributed by atoms with Crippen molar-refractivity contribution in [2.24, 2.45) is 0 Å². The fourth-order valence-electron chi connectivity index (χ4n) is 1.42. The summed E-state index contributed by atoms with van der Waals surface area (Å²) in [6.45, 7) is 3.69. The minimum Gasteiger partial charge on any atom is -0.386 e. The zero-order valence-electron chi connectivity index (χ0n) is 10.8. The lowest BCUT2D eigenvalue weighted by molar-refractivity contribution is -0.120. The maximum atomic E-state index is 11.9. The van der Waals surface area contributed by atoms with E-state index in [1.54, 1.807) is 19.3 Å². The summed E-state index contributed by atoms with van der Waals surface area (Å²) in [5.74, 6) is -0.515. The van der Waals surface area contributed by atoms with Crippen LogP contribution in [0.3, 0.4) is 0 Å². The SMILES string of the molecule is CNc1cnccc1C(=O)NCC(=O)NC(C)C. The Labute approximate surface area is 106 Å². The molecule has 18 heavy (non-hydrogen) atoms. The van der Waals surface area contributed by atoms with Crippen LogP contribution in [0.15, 0.2) is 18.5 Å². The van der Waals surface area contributed by atoms with Gasteiger partial charge < -0.3 is 16.0 Å². The number of aromatic nitrogens is 1. The topological polar surface area (TPSA) is 83.1 Å². The molecule has 0 bridgehead atoms. The van der Waals surface area contributed by atoms with E-state index in [9.17, 15) is 9.59 Å². The molecule has 1 aromatic rings. The minimum absolute atomic E-state index is 0.0392. The molecular weight excluding hydrogens is 232 g/mol. The van der Waals surface area contributed by atoms with Crippen LogP contribution in [0.2, 0.25) is 0 Å². The highest BCUT2D eigenvalue weighted by molar-refractivity contribution is 6.00. The summed E-state index contributed by atoms with van der Waals surface area (Å²) in [7, 11) is 1.71. The molecule has 1 heterocycles. The van der Waals surface area contributed by atoms with Crippen molar-refractivity contribution in [1.29, 1.82) is 0 Å². The lowest BCUT2D eigenvalue weighted by Gasteiger charge is -2.11. The predicted octanol–water partition coefficient (Wildman–Crippen LogP) is 0.378. The van der Waals surface area contributed by atoms with Crippen LogP contribution < -0.4 is 16.0 Å². The molecule has 1 rings (SSSR count). The summed E-state index contributed by atoms with van der Waals surface area (Å²) in [5, 5.41) is 8.13. The Morgan fingerprint density at radius 1 is 1.39 bits per heavy atom. The second-order valence-corrected chi connectivity index (χ2v) is 4.08. The molecule has 0 aromatic carbocycles. The smallest absolute Gasteiger partial charge is 0.253 e. The van der Waals surface area contributed by atoms with Gasteiger partial charge in [0.25, 0.3) is 5.91 Å². The molecule has 0 aliphatic rings. The fraction of sp³-hybridized carbons (Fsp3) is 0.417. The first-order valence-electron chi connectivity index (χ1n) is 5.74. The summed E-state index contributed by atoms with van der Waals surface area (Å²) < 4.78 is 0. The molecule has 0 radical (unpaired) electrons. The van der Waals surface area contributed by atoms with Crippen molar-refractivity contribution in [3.8, 4) is 0 Å². The Bertz CT molecular complexity index is 432. The molecule has 0 unspecified atom stereocenters. The van der Waals surface area contributed by atoms with Crippen molar-refractivity contribution in [2.45, 2.75) is 19.9 Å². The highest BCUT2D eigenvalue weighted by atomic mass is 16.2. The minimum atomic E-state index is -0.305. The van der Waals surface area contributed by atoms with Crippen LogP contribution >= 0.6 is 0 Å². The summed E-state index contributed by atoms with van der Waals surface area (Å²) in [6.07, 6.45) is 3.09. The molecule has 0 atom stereocenters. The molecule has 0 aliphatic carbocycles. The molecule has 2 amide bonds. The molecule has 6 heteroatoms. The Kier molecular flexibility index (Phi) is 5.10. The van der Waals surface area contributed by atoms with E-state index in [0.717, 1.165) is 0 Å². The number of rotatable bonds is 5. The van der Waals surface area contributed by atoms with Crippen LogP contribution in [0, 0.1) is 0 Å². The summed E-state index contributed by atoms with van der Waals surface area (Å²) in [4.78, 5) is 27.2. The van der Waals surface area contributed by atoms with E-state index < -0.39 is 0 Å². The van der Waals surface area contributed by atoms with Crippen LogP contribution in [-0.2, 0) is 4.79 Å². The largest absolute Gasteiger partial charge is 0.386 e. The number of amides is 2. The number of nitrogens with zero attached hydrogens (tertiary/aromatic N) is 1. The molecule has 3 N–H and O–H groups in total. The van der Waals surface area contributed by atoms with E-state index >= 15 is 0 Å². The van der Waals surface area contributed by atoms with Gasteiger partial charge in [-0.15, -0.1) is 0 Å². The first-order chi connectivity index (χ1) is 8.54. The number of nitrogens with one attached hydrogen (secondary N) is 3. The van der Waals surface area contributed by atoms with Crippen molar-refractivity contribution in [3.05, 3.63) is 24.0 Å². The lowest BCUT2D eigenvalue weighted by atomic mass is 10.2. The normalized spacial score (nSPS) is 10.0. The Hall–Kier alpha value is -2.11. The van der Waals surface area contributed by atoms with Gasteiger partial charge in [0.15, 0.2) is 0 Å². The number of anilines is 1. The zero-order valence-corrected chi connectivity index (χ0v) is 10.8. The van der Waals surface area contributed by atoms with Gasteiger partial charge in [-0.25, -0.2) is 0 Å². The second kappa shape index (κ2) is 6.58. The van der Waals surface area contributed by atoms with Crippen LogP contribution in [0.25, 0.3) is 0 Å². The Balaban J connectivity index is 2.58. The van der Waals surface area contributed by atoms with Crippen LogP contribution in [0.5, 0.6) is 0 Å². The third kappa shape index (κ3) is 4.04. The molecule has 0 saturated heterocycles. The molecule has 0 spiro atoms. The van der Waals surface area contributed by atoms with Crippen molar-refractivity contribution >= 4 is 17.5 Å². The molecule has 6 nitrogen and oxygen atoms in total. The first-order valence-corrected chi connectivity index (χ1v) is 5.74. The molecule has 0 saturated carbocycles. The summed E-state index contributed by atoms with van der Waals surface area (Å²) in [6, 6.07) is 1.66. The average molecular weight is 250 g/mol. The van der Waals surface area contributed by atoms with Crippen molar-refractivity contribution in [2.75, 3.05) is 18.9 Å². The third-order valence-corrected chi connectivity index (χ3v) is 2.19. The van der Waals surface area contributed by atoms with Crippen LogP contribution in [0.4, 0.5) is 5.69 Å². The monoisotopic (exact) mass is 250 g/mol. The van der Waals surface area contributed by atoms with Gasteiger partial charge in [-0.2, -0.15) is 0 Å². The van der Waals surface area contributed by atoms with E-state index in [-0.39, 0.29) is 24.4 Å². The van der Waals surface area contributed by atoms with Crippen LogP contribution in [0.1, 0.15) is 24.2 Å². The van der Waals surface area contributed by atoms with Crippen LogP contribution in [-0.4, -0.2) is 36.4 Å². The van der Waals surface area contributed by atoms with Gasteiger partial charge in [-0.3, -0.25) is 14.6 Å². The van der Waals surface area contributed by atoms with Crippen molar-refractivity contribution in [1.82, 2.24) is 15.6 Å². The highest BCUT2D eigenvalue weighted by Crippen LogP contribution is 2.11. The standard InChI is InChI=1S/C12H18N4O2/c1-8(2)16-11(17)7-15-12(18)9-4-5-14-6-10(9)13-3/h4-6,8,13H,7H2,1-3H3,(H,15,18)(H,16,17). The molecule has 98 valence electrons. The van der Waals surface area contributed by atoms with E-state index in [1.165, 1.54) is 6.20 Å². The quantitative estimate of drug-likeness (QED) is 0.705. The van der Waals surface area contributed by atoms with Gasteiger partial charge in [0, 0.05) is 19.3 Å². The third-order valence-electron chi connectivity index (χ3n) is 2.19.